The largest absolute Gasteiger partial charge is 0.379 e. The van der Waals surface area contributed by atoms with Gasteiger partial charge in [0.05, 0.1) is 0 Å². The number of rotatable bonds is 4. The van der Waals surface area contributed by atoms with Crippen molar-refractivity contribution in [3.05, 3.63) is 17.8 Å². The Balaban J connectivity index is 2.40. The van der Waals surface area contributed by atoms with Gasteiger partial charge in [-0.25, -0.2) is 4.63 Å². The first-order valence-electron chi connectivity index (χ1n) is 4.23. The molecule has 0 unspecified atom stereocenters. The van der Waals surface area contributed by atoms with Crippen LogP contribution in [0.3, 0.4) is 0 Å². The monoisotopic (exact) mass is 196 g/mol. The lowest BCUT2D eigenvalue weighted by Crippen LogP contribution is -2.25. The standard InChI is InChI=1S/C8H12N4O2/c1-2-3-4-5-10-8(13)6-7(9)12-14-11-6/h2-3H,4-5H2,1H3,(H2,9,12)(H,10,13)/b3-2+. The summed E-state index contributed by atoms with van der Waals surface area (Å²) >= 11 is 0. The van der Waals surface area contributed by atoms with Crippen LogP contribution >= 0.6 is 0 Å². The van der Waals surface area contributed by atoms with Gasteiger partial charge in [-0.15, -0.1) is 0 Å². The molecule has 0 bridgehead atoms. The third-order valence-corrected chi connectivity index (χ3v) is 1.56. The molecule has 1 aromatic heterocycles. The smallest absolute Gasteiger partial charge is 0.277 e. The molecule has 76 valence electrons. The summed E-state index contributed by atoms with van der Waals surface area (Å²) in [7, 11) is 0. The SMILES string of the molecule is C/C=C/CCNC(=O)c1nonc1N. The summed E-state index contributed by atoms with van der Waals surface area (Å²) < 4.78 is 4.29. The second kappa shape index (κ2) is 5.00. The Bertz CT molecular complexity index is 332. The molecule has 0 saturated carbocycles. The summed E-state index contributed by atoms with van der Waals surface area (Å²) in [6.07, 6.45) is 4.64. The van der Waals surface area contributed by atoms with Gasteiger partial charge >= 0.3 is 0 Å². The molecule has 0 spiro atoms. The van der Waals surface area contributed by atoms with Crippen molar-refractivity contribution in [3.8, 4) is 0 Å². The minimum absolute atomic E-state index is 0.00790. The van der Waals surface area contributed by atoms with Crippen LogP contribution in [0, 0.1) is 0 Å². The molecule has 0 atom stereocenters. The lowest BCUT2D eigenvalue weighted by molar-refractivity contribution is 0.0945. The van der Waals surface area contributed by atoms with Crippen molar-refractivity contribution in [2.24, 2.45) is 0 Å². The predicted molar refractivity (Wildman–Crippen MR) is 50.5 cm³/mol. The van der Waals surface area contributed by atoms with Crippen molar-refractivity contribution in [1.82, 2.24) is 15.6 Å². The lowest BCUT2D eigenvalue weighted by Gasteiger charge is -1.98. The number of hydrogen-bond donors (Lipinski definition) is 2. The molecule has 14 heavy (non-hydrogen) atoms. The number of carbonyl (C=O) groups excluding carboxylic acids is 1. The van der Waals surface area contributed by atoms with E-state index >= 15 is 0 Å². The normalized spacial score (nSPS) is 10.6. The highest BCUT2D eigenvalue weighted by Gasteiger charge is 2.14. The van der Waals surface area contributed by atoms with Crippen LogP contribution in [-0.4, -0.2) is 22.8 Å². The molecule has 1 aromatic rings. The van der Waals surface area contributed by atoms with Gasteiger partial charge in [0.1, 0.15) is 0 Å². The van der Waals surface area contributed by atoms with Crippen LogP contribution in [0.4, 0.5) is 5.82 Å². The number of nitrogens with one attached hydrogen (secondary N) is 1. The van der Waals surface area contributed by atoms with E-state index in [2.05, 4.69) is 20.3 Å². The zero-order chi connectivity index (χ0) is 10.4. The highest BCUT2D eigenvalue weighted by molar-refractivity contribution is 5.95. The Morgan fingerprint density at radius 3 is 3.00 bits per heavy atom. The van der Waals surface area contributed by atoms with Crippen molar-refractivity contribution in [3.63, 3.8) is 0 Å². The van der Waals surface area contributed by atoms with Gasteiger partial charge < -0.3 is 11.1 Å². The van der Waals surface area contributed by atoms with Gasteiger partial charge in [-0.2, -0.15) is 0 Å². The zero-order valence-electron chi connectivity index (χ0n) is 7.86. The van der Waals surface area contributed by atoms with Gasteiger partial charge in [0.15, 0.2) is 0 Å². The molecule has 1 rings (SSSR count). The number of nitrogen functional groups attached to an aromatic ring is 1. The van der Waals surface area contributed by atoms with Crippen LogP contribution in [0.25, 0.3) is 0 Å². The van der Waals surface area contributed by atoms with E-state index in [1.165, 1.54) is 0 Å². The topological polar surface area (TPSA) is 94.0 Å². The Hall–Kier alpha value is -1.85. The minimum Gasteiger partial charge on any atom is -0.379 e. The molecule has 0 fully saturated rings. The first kappa shape index (κ1) is 10.2. The molecule has 1 heterocycles. The summed E-state index contributed by atoms with van der Waals surface area (Å²) in [6, 6.07) is 0. The molecular formula is C8H12N4O2. The van der Waals surface area contributed by atoms with Crippen molar-refractivity contribution in [2.75, 3.05) is 12.3 Å². The number of amides is 1. The van der Waals surface area contributed by atoms with E-state index in [0.717, 1.165) is 6.42 Å². The third-order valence-electron chi connectivity index (χ3n) is 1.56. The van der Waals surface area contributed by atoms with E-state index in [9.17, 15) is 4.79 Å². The van der Waals surface area contributed by atoms with Crippen LogP contribution in [0.1, 0.15) is 23.8 Å². The van der Waals surface area contributed by atoms with Crippen LogP contribution in [0.15, 0.2) is 16.8 Å². The molecule has 0 radical (unpaired) electrons. The van der Waals surface area contributed by atoms with Crippen LogP contribution in [0.2, 0.25) is 0 Å². The molecule has 0 aromatic carbocycles. The first-order valence-corrected chi connectivity index (χ1v) is 4.23. The maximum atomic E-state index is 11.3. The van der Waals surface area contributed by atoms with Gasteiger partial charge in [-0.1, -0.05) is 12.2 Å². The fourth-order valence-corrected chi connectivity index (χ4v) is 0.872. The van der Waals surface area contributed by atoms with Crippen molar-refractivity contribution < 1.29 is 9.42 Å². The highest BCUT2D eigenvalue weighted by Crippen LogP contribution is 2.02. The molecule has 0 saturated heterocycles. The van der Waals surface area contributed by atoms with Crippen LogP contribution < -0.4 is 11.1 Å². The van der Waals surface area contributed by atoms with E-state index in [4.69, 9.17) is 5.73 Å². The van der Waals surface area contributed by atoms with E-state index in [1.54, 1.807) is 0 Å². The Labute approximate surface area is 81.1 Å². The quantitative estimate of drug-likeness (QED) is 0.535. The Morgan fingerprint density at radius 1 is 1.64 bits per heavy atom. The van der Waals surface area contributed by atoms with Crippen molar-refractivity contribution in [1.29, 1.82) is 0 Å². The second-order valence-corrected chi connectivity index (χ2v) is 2.61. The average molecular weight is 196 g/mol. The van der Waals surface area contributed by atoms with Gasteiger partial charge in [0, 0.05) is 6.54 Å². The Morgan fingerprint density at radius 2 is 2.43 bits per heavy atom. The summed E-state index contributed by atoms with van der Waals surface area (Å²) in [5.41, 5.74) is 5.36. The van der Waals surface area contributed by atoms with Gasteiger partial charge in [-0.05, 0) is 23.7 Å². The van der Waals surface area contributed by atoms with E-state index in [-0.39, 0.29) is 17.4 Å². The number of nitrogens with zero attached hydrogens (tertiary/aromatic N) is 2. The first-order chi connectivity index (χ1) is 6.75. The van der Waals surface area contributed by atoms with Crippen LogP contribution in [-0.2, 0) is 0 Å². The number of anilines is 1. The van der Waals surface area contributed by atoms with Crippen molar-refractivity contribution >= 4 is 11.7 Å². The molecule has 6 nitrogen and oxygen atoms in total. The molecule has 6 heteroatoms. The summed E-state index contributed by atoms with van der Waals surface area (Å²) in [4.78, 5) is 11.3. The predicted octanol–water partition coefficient (Wildman–Crippen LogP) is 0.348. The number of nitrogens with two attached hydrogens (primary N) is 1. The molecule has 3 N–H and O–H groups in total. The van der Waals surface area contributed by atoms with E-state index in [0.29, 0.717) is 6.54 Å². The number of carbonyl (C=O) groups is 1. The minimum atomic E-state index is -0.367. The summed E-state index contributed by atoms with van der Waals surface area (Å²) in [5.74, 6) is -0.359. The average Bonchev–Trinajstić information content (AvgIpc) is 2.59. The molecule has 0 aliphatic rings. The number of hydrogen-bond acceptors (Lipinski definition) is 5. The number of allylic oxidation sites excluding steroid dienone is 1. The summed E-state index contributed by atoms with van der Waals surface area (Å²) in [6.45, 7) is 2.46. The highest BCUT2D eigenvalue weighted by atomic mass is 16.6. The number of aromatic nitrogens is 2. The zero-order valence-corrected chi connectivity index (χ0v) is 7.86. The molecule has 1 amide bonds. The molecule has 0 aliphatic carbocycles. The van der Waals surface area contributed by atoms with Crippen molar-refractivity contribution in [2.45, 2.75) is 13.3 Å². The Kier molecular flexibility index (Phi) is 3.66. The molecule has 0 aliphatic heterocycles. The lowest BCUT2D eigenvalue weighted by atomic mass is 10.3. The maximum absolute atomic E-state index is 11.3. The maximum Gasteiger partial charge on any atom is 0.277 e. The van der Waals surface area contributed by atoms with E-state index < -0.39 is 0 Å². The summed E-state index contributed by atoms with van der Waals surface area (Å²) in [5, 5.41) is 9.30. The molecular weight excluding hydrogens is 184 g/mol. The van der Waals surface area contributed by atoms with E-state index in [1.807, 2.05) is 19.1 Å². The van der Waals surface area contributed by atoms with Gasteiger partial charge in [0.25, 0.3) is 5.91 Å². The third kappa shape index (κ3) is 2.58. The van der Waals surface area contributed by atoms with Crippen LogP contribution in [0.5, 0.6) is 0 Å². The van der Waals surface area contributed by atoms with Gasteiger partial charge in [0.2, 0.25) is 11.5 Å². The van der Waals surface area contributed by atoms with Gasteiger partial charge in [-0.3, -0.25) is 4.79 Å². The fourth-order valence-electron chi connectivity index (χ4n) is 0.872. The fraction of sp³-hybridized carbons (Fsp3) is 0.375. The second-order valence-electron chi connectivity index (χ2n) is 2.61.